The van der Waals surface area contributed by atoms with Crippen LogP contribution in [0.3, 0.4) is 0 Å². The van der Waals surface area contributed by atoms with E-state index in [2.05, 4.69) is 4.99 Å². The summed E-state index contributed by atoms with van der Waals surface area (Å²) >= 11 is 0. The molecule has 1 aliphatic heterocycles. The molecule has 0 aromatic carbocycles. The standard InChI is InChI=1S/C15H15NO4/c1-19-8-3-2-6-12-10-20-14-7-4-5-11(15(17)18)9-13(14)16-12/h2-6,8-9H,7,10H2,1H3,(H,17,18)/b6-2+,8-3-. The lowest BCUT2D eigenvalue weighted by atomic mass is 10.2. The Morgan fingerprint density at radius 2 is 2.35 bits per heavy atom. The zero-order valence-corrected chi connectivity index (χ0v) is 11.1. The highest BCUT2D eigenvalue weighted by Crippen LogP contribution is 2.23. The number of allylic oxidation sites excluding steroid dienone is 4. The van der Waals surface area contributed by atoms with Gasteiger partial charge in [0.1, 0.15) is 18.1 Å². The molecule has 1 heterocycles. The number of hydrogen-bond donors (Lipinski definition) is 1. The molecule has 0 saturated carbocycles. The predicted octanol–water partition coefficient (Wildman–Crippen LogP) is 2.36. The van der Waals surface area contributed by atoms with E-state index in [1.165, 1.54) is 6.08 Å². The quantitative estimate of drug-likeness (QED) is 0.630. The topological polar surface area (TPSA) is 68.1 Å². The van der Waals surface area contributed by atoms with Crippen molar-refractivity contribution in [1.82, 2.24) is 0 Å². The molecular formula is C15H15NO4. The van der Waals surface area contributed by atoms with E-state index in [-0.39, 0.29) is 5.57 Å². The molecule has 1 aliphatic carbocycles. The highest BCUT2D eigenvalue weighted by atomic mass is 16.5. The summed E-state index contributed by atoms with van der Waals surface area (Å²) < 4.78 is 10.4. The summed E-state index contributed by atoms with van der Waals surface area (Å²) in [6, 6.07) is 0. The Bertz CT molecular complexity index is 577. The lowest BCUT2D eigenvalue weighted by Crippen LogP contribution is -2.12. The maximum Gasteiger partial charge on any atom is 0.335 e. The van der Waals surface area contributed by atoms with Crippen LogP contribution in [-0.2, 0) is 14.3 Å². The summed E-state index contributed by atoms with van der Waals surface area (Å²) in [6.45, 7) is 0.375. The maximum atomic E-state index is 11.0. The fourth-order valence-electron chi connectivity index (χ4n) is 1.76. The molecule has 2 aliphatic rings. The number of methoxy groups -OCH3 is 1. The maximum absolute atomic E-state index is 11.0. The zero-order chi connectivity index (χ0) is 14.4. The van der Waals surface area contributed by atoms with E-state index < -0.39 is 5.97 Å². The second kappa shape index (κ2) is 6.56. The van der Waals surface area contributed by atoms with Crippen molar-refractivity contribution >= 4 is 11.7 Å². The van der Waals surface area contributed by atoms with Gasteiger partial charge in [-0.1, -0.05) is 18.2 Å². The van der Waals surface area contributed by atoms with Crippen molar-refractivity contribution in [2.75, 3.05) is 13.7 Å². The molecule has 0 atom stereocenters. The predicted molar refractivity (Wildman–Crippen MR) is 75.2 cm³/mol. The Labute approximate surface area is 116 Å². The zero-order valence-electron chi connectivity index (χ0n) is 11.1. The smallest absolute Gasteiger partial charge is 0.335 e. The minimum Gasteiger partial charge on any atom is -0.504 e. The van der Waals surface area contributed by atoms with Crippen molar-refractivity contribution in [3.05, 3.63) is 59.7 Å². The minimum atomic E-state index is -0.976. The summed E-state index contributed by atoms with van der Waals surface area (Å²) in [5, 5.41) is 9.05. The molecule has 0 saturated heterocycles. The monoisotopic (exact) mass is 273 g/mol. The average Bonchev–Trinajstić information content (AvgIpc) is 2.65. The first kappa shape index (κ1) is 13.9. The first-order valence-corrected chi connectivity index (χ1v) is 6.12. The van der Waals surface area contributed by atoms with E-state index in [1.54, 1.807) is 43.8 Å². The fourth-order valence-corrected chi connectivity index (χ4v) is 1.76. The van der Waals surface area contributed by atoms with Gasteiger partial charge >= 0.3 is 5.97 Å². The van der Waals surface area contributed by atoms with Crippen molar-refractivity contribution in [2.24, 2.45) is 4.99 Å². The molecule has 0 unspecified atom stereocenters. The second-order valence-electron chi connectivity index (χ2n) is 4.13. The first-order chi connectivity index (χ1) is 9.70. The number of aliphatic imine (C=N–C) groups is 1. The summed E-state index contributed by atoms with van der Waals surface area (Å²) in [6.07, 6.45) is 12.3. The first-order valence-electron chi connectivity index (χ1n) is 6.12. The van der Waals surface area contributed by atoms with Crippen molar-refractivity contribution in [1.29, 1.82) is 0 Å². The lowest BCUT2D eigenvalue weighted by molar-refractivity contribution is -0.132. The van der Waals surface area contributed by atoms with Crippen LogP contribution in [0.5, 0.6) is 0 Å². The van der Waals surface area contributed by atoms with E-state index in [9.17, 15) is 4.79 Å². The van der Waals surface area contributed by atoms with E-state index in [1.807, 2.05) is 0 Å². The molecule has 0 amide bonds. The van der Waals surface area contributed by atoms with Crippen LogP contribution in [0.25, 0.3) is 0 Å². The molecule has 5 nitrogen and oxygen atoms in total. The van der Waals surface area contributed by atoms with E-state index >= 15 is 0 Å². The molecule has 0 spiro atoms. The van der Waals surface area contributed by atoms with Crippen LogP contribution in [0.15, 0.2) is 64.7 Å². The van der Waals surface area contributed by atoms with Gasteiger partial charge in [-0.3, -0.25) is 0 Å². The van der Waals surface area contributed by atoms with Gasteiger partial charge in [0.05, 0.1) is 24.7 Å². The van der Waals surface area contributed by atoms with Crippen LogP contribution < -0.4 is 0 Å². The average molecular weight is 273 g/mol. The van der Waals surface area contributed by atoms with Gasteiger partial charge in [-0.05, 0) is 18.2 Å². The molecule has 0 fully saturated rings. The molecule has 0 aromatic rings. The number of carboxylic acid groups (broad SMARTS) is 1. The Hall–Kier alpha value is -2.56. The fraction of sp³-hybridized carbons (Fsp3) is 0.200. The second-order valence-corrected chi connectivity index (χ2v) is 4.13. The number of aliphatic carboxylic acids is 1. The molecule has 104 valence electrons. The lowest BCUT2D eigenvalue weighted by Gasteiger charge is -2.16. The third-order valence-electron chi connectivity index (χ3n) is 2.70. The molecule has 0 bridgehead atoms. The number of carboxylic acids is 1. The molecule has 0 aromatic heterocycles. The Kier molecular flexibility index (Phi) is 4.55. The van der Waals surface area contributed by atoms with Crippen LogP contribution in [0.2, 0.25) is 0 Å². The van der Waals surface area contributed by atoms with E-state index in [0.29, 0.717) is 24.5 Å². The van der Waals surface area contributed by atoms with Gasteiger partial charge in [0, 0.05) is 6.42 Å². The van der Waals surface area contributed by atoms with Crippen molar-refractivity contribution in [2.45, 2.75) is 6.42 Å². The minimum absolute atomic E-state index is 0.201. The van der Waals surface area contributed by atoms with Gasteiger partial charge < -0.3 is 14.6 Å². The van der Waals surface area contributed by atoms with Crippen LogP contribution >= 0.6 is 0 Å². The number of carbonyl (C=O) groups is 1. The molecule has 5 heteroatoms. The van der Waals surface area contributed by atoms with Crippen LogP contribution in [0, 0.1) is 0 Å². The van der Waals surface area contributed by atoms with Gasteiger partial charge in [-0.2, -0.15) is 0 Å². The van der Waals surface area contributed by atoms with Crippen molar-refractivity contribution in [3.8, 4) is 0 Å². The summed E-state index contributed by atoms with van der Waals surface area (Å²) in [5.74, 6) is -0.280. The van der Waals surface area contributed by atoms with Gasteiger partial charge in [0.2, 0.25) is 0 Å². The number of rotatable bonds is 4. The SMILES string of the molecule is CO/C=C\C=C\C1=NC2=C(CC=CC(C(=O)O)=C2)OC1. The van der Waals surface area contributed by atoms with Gasteiger partial charge in [0.25, 0.3) is 0 Å². The summed E-state index contributed by atoms with van der Waals surface area (Å²) in [5.41, 5.74) is 1.49. The van der Waals surface area contributed by atoms with Crippen LogP contribution in [-0.4, -0.2) is 30.5 Å². The summed E-state index contributed by atoms with van der Waals surface area (Å²) in [7, 11) is 1.57. The number of ether oxygens (including phenoxy) is 2. The Morgan fingerprint density at radius 1 is 1.50 bits per heavy atom. The molecule has 1 N–H and O–H groups in total. The molecule has 2 rings (SSSR count). The van der Waals surface area contributed by atoms with Crippen LogP contribution in [0.4, 0.5) is 0 Å². The number of hydrogen-bond acceptors (Lipinski definition) is 4. The van der Waals surface area contributed by atoms with Crippen LogP contribution in [0.1, 0.15) is 6.42 Å². The van der Waals surface area contributed by atoms with E-state index in [4.69, 9.17) is 14.6 Å². The molecule has 20 heavy (non-hydrogen) atoms. The van der Waals surface area contributed by atoms with Gasteiger partial charge in [-0.25, -0.2) is 9.79 Å². The highest BCUT2D eigenvalue weighted by Gasteiger charge is 2.17. The molecular weight excluding hydrogens is 258 g/mol. The van der Waals surface area contributed by atoms with Gasteiger partial charge in [-0.15, -0.1) is 0 Å². The molecule has 0 radical (unpaired) electrons. The van der Waals surface area contributed by atoms with Gasteiger partial charge in [0.15, 0.2) is 0 Å². The highest BCUT2D eigenvalue weighted by molar-refractivity contribution is 5.98. The van der Waals surface area contributed by atoms with Crippen molar-refractivity contribution in [3.63, 3.8) is 0 Å². The third-order valence-corrected chi connectivity index (χ3v) is 2.70. The Balaban J connectivity index is 2.22. The normalized spacial score (nSPS) is 18.4. The third kappa shape index (κ3) is 3.47. The number of nitrogens with zero attached hydrogens (tertiary/aromatic N) is 1. The van der Waals surface area contributed by atoms with E-state index in [0.717, 1.165) is 5.71 Å². The largest absolute Gasteiger partial charge is 0.504 e. The van der Waals surface area contributed by atoms with Crippen molar-refractivity contribution < 1.29 is 19.4 Å². The summed E-state index contributed by atoms with van der Waals surface area (Å²) in [4.78, 5) is 15.5. The Morgan fingerprint density at radius 3 is 3.10 bits per heavy atom.